The van der Waals surface area contributed by atoms with Crippen LogP contribution < -0.4 is 5.56 Å². The van der Waals surface area contributed by atoms with Gasteiger partial charge < -0.3 is 0 Å². The number of fused-ring (bicyclic) bond motifs is 1. The SMILES string of the molecule is Cc1ccc2nc(Cl)n(-c3ccc(C(F)(F)F)cc3)c(=O)c2c1. The molecular weight excluding hydrogens is 329 g/mol. The van der Waals surface area contributed by atoms with E-state index in [1.807, 2.05) is 6.92 Å². The molecule has 118 valence electrons. The lowest BCUT2D eigenvalue weighted by atomic mass is 10.1. The van der Waals surface area contributed by atoms with Gasteiger partial charge in [-0.25, -0.2) is 4.98 Å². The van der Waals surface area contributed by atoms with Crippen molar-refractivity contribution in [2.24, 2.45) is 0 Å². The van der Waals surface area contributed by atoms with Gasteiger partial charge in [0.25, 0.3) is 5.56 Å². The van der Waals surface area contributed by atoms with E-state index >= 15 is 0 Å². The van der Waals surface area contributed by atoms with E-state index in [0.717, 1.165) is 22.3 Å². The zero-order valence-corrected chi connectivity index (χ0v) is 12.6. The second-order valence-corrected chi connectivity index (χ2v) is 5.42. The molecule has 3 nitrogen and oxygen atoms in total. The Bertz CT molecular complexity index is 946. The lowest BCUT2D eigenvalue weighted by Gasteiger charge is -2.11. The van der Waals surface area contributed by atoms with Crippen LogP contribution in [0.15, 0.2) is 47.3 Å². The average Bonchev–Trinajstić information content (AvgIpc) is 2.48. The number of hydrogen-bond acceptors (Lipinski definition) is 2. The smallest absolute Gasteiger partial charge is 0.268 e. The van der Waals surface area contributed by atoms with Gasteiger partial charge in [0.1, 0.15) is 0 Å². The molecule has 0 unspecified atom stereocenters. The van der Waals surface area contributed by atoms with Gasteiger partial charge in [-0.2, -0.15) is 13.2 Å². The summed E-state index contributed by atoms with van der Waals surface area (Å²) >= 11 is 6.04. The van der Waals surface area contributed by atoms with Gasteiger partial charge in [-0.15, -0.1) is 0 Å². The zero-order chi connectivity index (χ0) is 16.8. The molecule has 3 aromatic rings. The Balaban J connectivity index is 2.22. The van der Waals surface area contributed by atoms with Crippen molar-refractivity contribution in [1.82, 2.24) is 9.55 Å². The lowest BCUT2D eigenvalue weighted by molar-refractivity contribution is -0.137. The van der Waals surface area contributed by atoms with E-state index in [0.29, 0.717) is 10.9 Å². The number of hydrogen-bond donors (Lipinski definition) is 0. The number of benzene rings is 2. The normalized spacial score (nSPS) is 11.9. The van der Waals surface area contributed by atoms with Crippen molar-refractivity contribution in [1.29, 1.82) is 0 Å². The Morgan fingerprint density at radius 2 is 1.74 bits per heavy atom. The third kappa shape index (κ3) is 2.82. The van der Waals surface area contributed by atoms with Gasteiger partial charge in [0.15, 0.2) is 0 Å². The molecule has 0 amide bonds. The highest BCUT2D eigenvalue weighted by atomic mass is 35.5. The maximum atomic E-state index is 12.6. The van der Waals surface area contributed by atoms with Crippen LogP contribution in [0.5, 0.6) is 0 Å². The van der Waals surface area contributed by atoms with Crippen LogP contribution in [0.1, 0.15) is 11.1 Å². The summed E-state index contributed by atoms with van der Waals surface area (Å²) in [5.74, 6) is 0. The number of aromatic nitrogens is 2. The molecule has 0 fully saturated rings. The van der Waals surface area contributed by atoms with Crippen molar-refractivity contribution in [2.45, 2.75) is 13.1 Å². The summed E-state index contributed by atoms with van der Waals surface area (Å²) in [6.07, 6.45) is -4.44. The molecular formula is C16H10ClF3N2O. The summed E-state index contributed by atoms with van der Waals surface area (Å²) in [6.45, 7) is 1.83. The van der Waals surface area contributed by atoms with E-state index in [2.05, 4.69) is 4.98 Å². The highest BCUT2D eigenvalue weighted by molar-refractivity contribution is 6.29. The number of halogens is 4. The average molecular weight is 339 g/mol. The molecule has 0 aliphatic heterocycles. The molecule has 0 saturated heterocycles. The van der Waals surface area contributed by atoms with E-state index < -0.39 is 17.3 Å². The van der Waals surface area contributed by atoms with Crippen molar-refractivity contribution in [3.63, 3.8) is 0 Å². The minimum Gasteiger partial charge on any atom is -0.268 e. The predicted molar refractivity (Wildman–Crippen MR) is 82.1 cm³/mol. The number of alkyl halides is 3. The van der Waals surface area contributed by atoms with E-state index in [1.165, 1.54) is 12.1 Å². The number of nitrogens with zero attached hydrogens (tertiary/aromatic N) is 2. The van der Waals surface area contributed by atoms with Crippen molar-refractivity contribution >= 4 is 22.5 Å². The van der Waals surface area contributed by atoms with Gasteiger partial charge in [0.2, 0.25) is 5.28 Å². The minimum atomic E-state index is -4.44. The Morgan fingerprint density at radius 1 is 1.09 bits per heavy atom. The third-order valence-electron chi connectivity index (χ3n) is 3.44. The molecule has 0 spiro atoms. The van der Waals surface area contributed by atoms with Crippen LogP contribution in [0.25, 0.3) is 16.6 Å². The fourth-order valence-corrected chi connectivity index (χ4v) is 2.56. The summed E-state index contributed by atoms with van der Waals surface area (Å²) in [7, 11) is 0. The van der Waals surface area contributed by atoms with E-state index in [4.69, 9.17) is 11.6 Å². The first-order chi connectivity index (χ1) is 10.8. The van der Waals surface area contributed by atoms with Gasteiger partial charge in [-0.05, 0) is 54.9 Å². The van der Waals surface area contributed by atoms with Crippen molar-refractivity contribution < 1.29 is 13.2 Å². The van der Waals surface area contributed by atoms with Crippen LogP contribution >= 0.6 is 11.6 Å². The van der Waals surface area contributed by atoms with Crippen molar-refractivity contribution in [3.8, 4) is 5.69 Å². The van der Waals surface area contributed by atoms with E-state index in [9.17, 15) is 18.0 Å². The first kappa shape index (κ1) is 15.6. The van der Waals surface area contributed by atoms with Gasteiger partial charge >= 0.3 is 6.18 Å². The van der Waals surface area contributed by atoms with Gasteiger partial charge in [-0.1, -0.05) is 11.6 Å². The first-order valence-corrected chi connectivity index (χ1v) is 7.02. The van der Waals surface area contributed by atoms with Gasteiger partial charge in [0, 0.05) is 0 Å². The van der Waals surface area contributed by atoms with Gasteiger partial charge in [-0.3, -0.25) is 9.36 Å². The molecule has 0 atom stereocenters. The van der Waals surface area contributed by atoms with Crippen LogP contribution in [0.2, 0.25) is 5.28 Å². The predicted octanol–water partition coefficient (Wildman–Crippen LogP) is 4.37. The standard InChI is InChI=1S/C16H10ClF3N2O/c1-9-2-7-13-12(8-9)14(23)22(15(17)21-13)11-5-3-10(4-6-11)16(18,19)20/h2-8H,1H3. The Morgan fingerprint density at radius 3 is 2.35 bits per heavy atom. The Hall–Kier alpha value is -2.34. The molecule has 3 rings (SSSR count). The quantitative estimate of drug-likeness (QED) is 0.618. The largest absolute Gasteiger partial charge is 0.416 e. The molecule has 0 radical (unpaired) electrons. The fourth-order valence-electron chi connectivity index (χ4n) is 2.30. The molecule has 0 bridgehead atoms. The van der Waals surface area contributed by atoms with Crippen molar-refractivity contribution in [2.75, 3.05) is 0 Å². The van der Waals surface area contributed by atoms with Crippen LogP contribution in [0.3, 0.4) is 0 Å². The number of aryl methyl sites for hydroxylation is 1. The zero-order valence-electron chi connectivity index (χ0n) is 11.9. The lowest BCUT2D eigenvalue weighted by Crippen LogP contribution is -2.20. The maximum absolute atomic E-state index is 12.6. The highest BCUT2D eigenvalue weighted by Crippen LogP contribution is 2.29. The van der Waals surface area contributed by atoms with Crippen LogP contribution in [0.4, 0.5) is 13.2 Å². The molecule has 0 N–H and O–H groups in total. The fraction of sp³-hybridized carbons (Fsp3) is 0.125. The second kappa shape index (κ2) is 5.38. The molecule has 0 aliphatic rings. The second-order valence-electron chi connectivity index (χ2n) is 5.09. The molecule has 23 heavy (non-hydrogen) atoms. The summed E-state index contributed by atoms with van der Waals surface area (Å²) in [6, 6.07) is 9.33. The van der Waals surface area contributed by atoms with Gasteiger partial charge in [0.05, 0.1) is 22.2 Å². The molecule has 1 aromatic heterocycles. The molecule has 0 aliphatic carbocycles. The third-order valence-corrected chi connectivity index (χ3v) is 3.69. The molecule has 2 aromatic carbocycles. The summed E-state index contributed by atoms with van der Waals surface area (Å²) in [4.78, 5) is 16.7. The monoisotopic (exact) mass is 338 g/mol. The maximum Gasteiger partial charge on any atom is 0.416 e. The van der Waals surface area contributed by atoms with Crippen LogP contribution in [-0.4, -0.2) is 9.55 Å². The van der Waals surface area contributed by atoms with E-state index in [1.54, 1.807) is 18.2 Å². The topological polar surface area (TPSA) is 34.9 Å². The molecule has 1 heterocycles. The van der Waals surface area contributed by atoms with Crippen molar-refractivity contribution in [3.05, 3.63) is 69.2 Å². The Kier molecular flexibility index (Phi) is 3.64. The highest BCUT2D eigenvalue weighted by Gasteiger charge is 2.30. The first-order valence-electron chi connectivity index (χ1n) is 6.64. The minimum absolute atomic E-state index is 0.105. The summed E-state index contributed by atoms with van der Waals surface area (Å²) in [5, 5.41) is 0.250. The number of rotatable bonds is 1. The van der Waals surface area contributed by atoms with Crippen LogP contribution in [0, 0.1) is 6.92 Å². The molecule has 7 heteroatoms. The summed E-state index contributed by atoms with van der Waals surface area (Å²) < 4.78 is 39.0. The Labute approximate surface area is 134 Å². The van der Waals surface area contributed by atoms with Crippen LogP contribution in [-0.2, 0) is 6.18 Å². The molecule has 0 saturated carbocycles. The van der Waals surface area contributed by atoms with E-state index in [-0.39, 0.29) is 11.0 Å². The summed E-state index contributed by atoms with van der Waals surface area (Å²) in [5.41, 5.74) is 0.314.